The number of para-hydroxylation sites is 1. The van der Waals surface area contributed by atoms with Crippen molar-refractivity contribution in [3.63, 3.8) is 0 Å². The highest BCUT2D eigenvalue weighted by Crippen LogP contribution is 2.34. The van der Waals surface area contributed by atoms with E-state index < -0.39 is 20.2 Å². The van der Waals surface area contributed by atoms with E-state index in [4.69, 9.17) is 0 Å². The normalized spacial score (nSPS) is 12.4. The highest BCUT2D eigenvalue weighted by atomic mass is 79.9. The number of benzene rings is 1. The van der Waals surface area contributed by atoms with Crippen LogP contribution in [0.4, 0.5) is 18.9 Å². The highest BCUT2D eigenvalue weighted by Gasteiger charge is 2.47. The SMILES string of the molecule is O=S(=O)(c1ccccc1NCc1cc(Br)cs1)C(F)(F)F. The van der Waals surface area contributed by atoms with Gasteiger partial charge in [0.15, 0.2) is 0 Å². The number of thiophene rings is 1. The molecule has 0 fully saturated rings. The first-order valence-corrected chi connectivity index (χ1v) is 8.74. The smallest absolute Gasteiger partial charge is 0.379 e. The van der Waals surface area contributed by atoms with Gasteiger partial charge >= 0.3 is 5.51 Å². The fourth-order valence-electron chi connectivity index (χ4n) is 1.60. The zero-order chi connectivity index (χ0) is 15.7. The minimum atomic E-state index is -5.37. The van der Waals surface area contributed by atoms with Gasteiger partial charge in [-0.1, -0.05) is 12.1 Å². The third-order valence-corrected chi connectivity index (χ3v) is 5.80. The summed E-state index contributed by atoms with van der Waals surface area (Å²) in [5, 5.41) is 4.56. The number of anilines is 1. The quantitative estimate of drug-likeness (QED) is 0.827. The Kier molecular flexibility index (Phi) is 4.64. The number of alkyl halides is 3. The number of rotatable bonds is 4. The Morgan fingerprint density at radius 3 is 2.48 bits per heavy atom. The summed E-state index contributed by atoms with van der Waals surface area (Å²) in [6.45, 7) is 0.237. The molecule has 1 heterocycles. The van der Waals surface area contributed by atoms with Crippen molar-refractivity contribution >= 4 is 42.8 Å². The molecule has 2 aromatic rings. The van der Waals surface area contributed by atoms with Crippen LogP contribution in [0.25, 0.3) is 0 Å². The molecular weight excluding hydrogens is 391 g/mol. The van der Waals surface area contributed by atoms with E-state index in [-0.39, 0.29) is 12.2 Å². The van der Waals surface area contributed by atoms with E-state index >= 15 is 0 Å². The molecule has 0 bridgehead atoms. The average Bonchev–Trinajstić information content (AvgIpc) is 2.81. The van der Waals surface area contributed by atoms with Crippen LogP contribution in [0.1, 0.15) is 4.88 Å². The van der Waals surface area contributed by atoms with E-state index in [9.17, 15) is 21.6 Å². The molecule has 1 aromatic heterocycles. The number of hydrogen-bond donors (Lipinski definition) is 1. The molecule has 0 radical (unpaired) electrons. The second-order valence-electron chi connectivity index (χ2n) is 4.03. The number of halogens is 4. The van der Waals surface area contributed by atoms with E-state index in [0.29, 0.717) is 0 Å². The molecule has 0 spiro atoms. The van der Waals surface area contributed by atoms with Gasteiger partial charge in [-0.25, -0.2) is 8.42 Å². The van der Waals surface area contributed by atoms with Crippen LogP contribution in [0.5, 0.6) is 0 Å². The van der Waals surface area contributed by atoms with Crippen LogP contribution < -0.4 is 5.32 Å². The molecule has 0 aliphatic rings. The molecule has 0 unspecified atom stereocenters. The Bertz CT molecular complexity index is 741. The van der Waals surface area contributed by atoms with Gasteiger partial charge in [0.1, 0.15) is 0 Å². The first-order chi connectivity index (χ1) is 9.72. The summed E-state index contributed by atoms with van der Waals surface area (Å²) in [7, 11) is -5.37. The fourth-order valence-corrected chi connectivity index (χ4v) is 3.93. The molecular formula is C12H9BrF3NO2S2. The number of nitrogens with one attached hydrogen (secondary N) is 1. The van der Waals surface area contributed by atoms with Gasteiger partial charge < -0.3 is 5.32 Å². The van der Waals surface area contributed by atoms with Gasteiger partial charge in [0.2, 0.25) is 0 Å². The zero-order valence-corrected chi connectivity index (χ0v) is 13.5. The predicted molar refractivity (Wildman–Crippen MR) is 79.0 cm³/mol. The van der Waals surface area contributed by atoms with Crippen LogP contribution >= 0.6 is 27.3 Å². The molecule has 114 valence electrons. The minimum absolute atomic E-state index is 0.0700. The van der Waals surface area contributed by atoms with E-state index in [2.05, 4.69) is 21.2 Å². The van der Waals surface area contributed by atoms with E-state index in [1.807, 2.05) is 5.38 Å². The maximum atomic E-state index is 12.6. The molecule has 0 saturated heterocycles. The summed E-state index contributed by atoms with van der Waals surface area (Å²) in [6, 6.07) is 6.78. The Hall–Kier alpha value is -1.06. The summed E-state index contributed by atoms with van der Waals surface area (Å²) < 4.78 is 61.8. The van der Waals surface area contributed by atoms with Crippen molar-refractivity contribution in [2.45, 2.75) is 16.9 Å². The lowest BCUT2D eigenvalue weighted by molar-refractivity contribution is -0.0435. The van der Waals surface area contributed by atoms with Crippen molar-refractivity contribution in [1.82, 2.24) is 0 Å². The van der Waals surface area contributed by atoms with Gasteiger partial charge in [-0.15, -0.1) is 11.3 Å². The second kappa shape index (κ2) is 5.98. The van der Waals surface area contributed by atoms with Crippen molar-refractivity contribution < 1.29 is 21.6 Å². The largest absolute Gasteiger partial charge is 0.501 e. The third-order valence-electron chi connectivity index (χ3n) is 2.56. The summed E-state index contributed by atoms with van der Waals surface area (Å²) in [5.74, 6) is 0. The first-order valence-electron chi connectivity index (χ1n) is 5.59. The summed E-state index contributed by atoms with van der Waals surface area (Å²) >= 11 is 4.68. The molecule has 0 aliphatic heterocycles. The van der Waals surface area contributed by atoms with Crippen LogP contribution in [0.2, 0.25) is 0 Å². The van der Waals surface area contributed by atoms with Gasteiger partial charge in [-0.2, -0.15) is 13.2 Å². The average molecular weight is 400 g/mol. The van der Waals surface area contributed by atoms with Crippen LogP contribution in [0.15, 0.2) is 45.1 Å². The fraction of sp³-hybridized carbons (Fsp3) is 0.167. The Morgan fingerprint density at radius 2 is 1.90 bits per heavy atom. The Morgan fingerprint density at radius 1 is 1.24 bits per heavy atom. The molecule has 3 nitrogen and oxygen atoms in total. The van der Waals surface area contributed by atoms with Crippen molar-refractivity contribution in [3.05, 3.63) is 45.1 Å². The maximum absolute atomic E-state index is 12.6. The molecule has 1 N–H and O–H groups in total. The van der Waals surface area contributed by atoms with Crippen LogP contribution in [0.3, 0.4) is 0 Å². The van der Waals surface area contributed by atoms with Gasteiger partial charge in [0.05, 0.1) is 10.6 Å². The molecule has 0 aliphatic carbocycles. The minimum Gasteiger partial charge on any atom is -0.379 e. The van der Waals surface area contributed by atoms with Crippen LogP contribution in [-0.2, 0) is 16.4 Å². The third kappa shape index (κ3) is 3.58. The Labute approximate surface area is 131 Å². The first kappa shape index (κ1) is 16.3. The van der Waals surface area contributed by atoms with Gasteiger partial charge in [-0.3, -0.25) is 0 Å². The lowest BCUT2D eigenvalue weighted by atomic mass is 10.3. The second-order valence-corrected chi connectivity index (χ2v) is 7.85. The molecule has 9 heteroatoms. The molecule has 21 heavy (non-hydrogen) atoms. The topological polar surface area (TPSA) is 46.2 Å². The van der Waals surface area contributed by atoms with Crippen molar-refractivity contribution in [2.24, 2.45) is 0 Å². The van der Waals surface area contributed by atoms with E-state index in [0.717, 1.165) is 15.4 Å². The monoisotopic (exact) mass is 399 g/mol. The van der Waals surface area contributed by atoms with E-state index in [1.54, 1.807) is 6.07 Å². The van der Waals surface area contributed by atoms with Gasteiger partial charge in [0, 0.05) is 21.3 Å². The number of sulfone groups is 1. The highest BCUT2D eigenvalue weighted by molar-refractivity contribution is 9.10. The molecule has 2 rings (SSSR count). The molecule has 0 saturated carbocycles. The summed E-state index contributed by atoms with van der Waals surface area (Å²) in [5.41, 5.74) is -5.39. The van der Waals surface area contributed by atoms with Crippen molar-refractivity contribution in [2.75, 3.05) is 5.32 Å². The Balaban J connectivity index is 2.30. The number of hydrogen-bond acceptors (Lipinski definition) is 4. The van der Waals surface area contributed by atoms with Gasteiger partial charge in [0.25, 0.3) is 9.84 Å². The van der Waals surface area contributed by atoms with Crippen LogP contribution in [0, 0.1) is 0 Å². The zero-order valence-electron chi connectivity index (χ0n) is 10.3. The molecule has 1 aromatic carbocycles. The van der Waals surface area contributed by atoms with Gasteiger partial charge in [-0.05, 0) is 34.1 Å². The van der Waals surface area contributed by atoms with E-state index in [1.165, 1.54) is 29.5 Å². The van der Waals surface area contributed by atoms with Crippen molar-refractivity contribution in [1.29, 1.82) is 0 Å². The van der Waals surface area contributed by atoms with Crippen LogP contribution in [-0.4, -0.2) is 13.9 Å². The molecule has 0 atom stereocenters. The predicted octanol–water partition coefficient (Wildman–Crippen LogP) is 4.42. The standard InChI is InChI=1S/C12H9BrF3NO2S2/c13-8-5-9(20-7-8)6-17-10-3-1-2-4-11(10)21(18,19)12(14,15)16/h1-5,7,17H,6H2. The summed E-state index contributed by atoms with van der Waals surface area (Å²) in [6.07, 6.45) is 0. The lowest BCUT2D eigenvalue weighted by Crippen LogP contribution is -2.24. The molecule has 0 amide bonds. The summed E-state index contributed by atoms with van der Waals surface area (Å²) in [4.78, 5) is 0.0919. The maximum Gasteiger partial charge on any atom is 0.501 e. The van der Waals surface area contributed by atoms with Crippen molar-refractivity contribution in [3.8, 4) is 0 Å². The lowest BCUT2D eigenvalue weighted by Gasteiger charge is -2.13.